The zero-order chi connectivity index (χ0) is 22.0. The highest BCUT2D eigenvalue weighted by molar-refractivity contribution is 5.66. The van der Waals surface area contributed by atoms with Gasteiger partial charge in [0, 0.05) is 19.0 Å². The van der Waals surface area contributed by atoms with Gasteiger partial charge in [0.15, 0.2) is 0 Å². The number of allylic oxidation sites excluding steroid dienone is 10. The van der Waals surface area contributed by atoms with Crippen molar-refractivity contribution in [2.75, 3.05) is 13.1 Å². The summed E-state index contributed by atoms with van der Waals surface area (Å²) in [6.07, 6.45) is 29.7. The Morgan fingerprint density at radius 2 is 1.67 bits per heavy atom. The van der Waals surface area contributed by atoms with Gasteiger partial charge in [-0.25, -0.2) is 0 Å². The predicted molar refractivity (Wildman–Crippen MR) is 140 cm³/mol. The number of hydrogen-bond acceptors (Lipinski definition) is 1. The molecule has 170 valence electrons. The van der Waals surface area contributed by atoms with E-state index in [0.717, 1.165) is 13.1 Å². The molecule has 0 amide bonds. The van der Waals surface area contributed by atoms with E-state index in [4.69, 9.17) is 0 Å². The molecule has 1 aliphatic heterocycles. The van der Waals surface area contributed by atoms with E-state index in [9.17, 15) is 0 Å². The maximum atomic E-state index is 3.47. The standard InChI is InChI=1S/C32H37N/c1-2-6-23(7-3-1)24-10-14-26(15-11-24)29-18-19-30(32-9-5-4-8-31(29)32)27-16-12-25(13-17-27)28-20-21-33-22-28/h4-6,8-12,14-16,20,25,27,29,31,33H,1-3,7,13,17-19,21-22H2. The fraction of sp³-hybridized carbons (Fsp3) is 0.438. The maximum absolute atomic E-state index is 3.47. The summed E-state index contributed by atoms with van der Waals surface area (Å²) in [5.41, 5.74) is 9.47. The van der Waals surface area contributed by atoms with Crippen LogP contribution in [0.15, 0.2) is 89.6 Å². The zero-order valence-electron chi connectivity index (χ0n) is 19.8. The lowest BCUT2D eigenvalue weighted by Crippen LogP contribution is -2.24. The van der Waals surface area contributed by atoms with E-state index >= 15 is 0 Å². The third-order valence-electron chi connectivity index (χ3n) is 8.72. The maximum Gasteiger partial charge on any atom is 0.0173 e. The summed E-state index contributed by atoms with van der Waals surface area (Å²) < 4.78 is 0. The van der Waals surface area contributed by atoms with Gasteiger partial charge in [-0.1, -0.05) is 84.0 Å². The first-order chi connectivity index (χ1) is 16.4. The van der Waals surface area contributed by atoms with Crippen LogP contribution in [0.4, 0.5) is 0 Å². The van der Waals surface area contributed by atoms with E-state index in [1.807, 2.05) is 0 Å². The summed E-state index contributed by atoms with van der Waals surface area (Å²) >= 11 is 0. The molecule has 0 aromatic heterocycles. The Kier molecular flexibility index (Phi) is 6.08. The smallest absolute Gasteiger partial charge is 0.0173 e. The van der Waals surface area contributed by atoms with Crippen molar-refractivity contribution in [1.82, 2.24) is 5.32 Å². The molecule has 1 aromatic carbocycles. The highest BCUT2D eigenvalue weighted by Gasteiger charge is 2.34. The molecule has 4 atom stereocenters. The molecule has 0 saturated carbocycles. The van der Waals surface area contributed by atoms with Gasteiger partial charge in [-0.3, -0.25) is 0 Å². The van der Waals surface area contributed by atoms with Gasteiger partial charge in [-0.2, -0.15) is 0 Å². The second-order valence-electron chi connectivity index (χ2n) is 10.6. The molecule has 1 N–H and O–H groups in total. The Labute approximate surface area is 199 Å². The molecule has 0 saturated heterocycles. The third kappa shape index (κ3) is 4.28. The van der Waals surface area contributed by atoms with Gasteiger partial charge in [0.2, 0.25) is 0 Å². The molecule has 1 aromatic rings. The molecular weight excluding hydrogens is 398 g/mol. The van der Waals surface area contributed by atoms with Crippen LogP contribution in [0.25, 0.3) is 5.57 Å². The van der Waals surface area contributed by atoms with Crippen LogP contribution in [0.5, 0.6) is 0 Å². The fourth-order valence-electron chi connectivity index (χ4n) is 6.88. The van der Waals surface area contributed by atoms with E-state index in [-0.39, 0.29) is 0 Å². The van der Waals surface area contributed by atoms with Crippen LogP contribution in [0, 0.1) is 17.8 Å². The van der Waals surface area contributed by atoms with Crippen LogP contribution in [-0.4, -0.2) is 13.1 Å². The Bertz CT molecular complexity index is 1060. The van der Waals surface area contributed by atoms with Crippen molar-refractivity contribution in [2.24, 2.45) is 17.8 Å². The third-order valence-corrected chi connectivity index (χ3v) is 8.72. The Balaban J connectivity index is 1.22. The van der Waals surface area contributed by atoms with Crippen molar-refractivity contribution in [3.8, 4) is 0 Å². The largest absolute Gasteiger partial charge is 0.310 e. The van der Waals surface area contributed by atoms with E-state index in [0.29, 0.717) is 23.7 Å². The molecule has 33 heavy (non-hydrogen) atoms. The number of benzene rings is 1. The average Bonchev–Trinajstić information content (AvgIpc) is 3.44. The number of fused-ring (bicyclic) bond motifs is 1. The minimum atomic E-state index is 0.534. The second-order valence-corrected chi connectivity index (χ2v) is 10.6. The molecule has 0 fully saturated rings. The molecule has 1 heteroatoms. The molecule has 6 rings (SSSR count). The average molecular weight is 436 g/mol. The van der Waals surface area contributed by atoms with Crippen LogP contribution in [0.2, 0.25) is 0 Å². The summed E-state index contributed by atoms with van der Waals surface area (Å²) in [7, 11) is 0. The first-order valence-corrected chi connectivity index (χ1v) is 13.3. The fourth-order valence-corrected chi connectivity index (χ4v) is 6.88. The van der Waals surface area contributed by atoms with Crippen molar-refractivity contribution >= 4 is 5.57 Å². The molecule has 1 heterocycles. The van der Waals surface area contributed by atoms with E-state index in [1.165, 1.54) is 62.5 Å². The molecule has 4 aliphatic carbocycles. The summed E-state index contributed by atoms with van der Waals surface area (Å²) in [6, 6.07) is 9.64. The van der Waals surface area contributed by atoms with Gasteiger partial charge < -0.3 is 5.32 Å². The highest BCUT2D eigenvalue weighted by atomic mass is 14.9. The molecule has 0 spiro atoms. The van der Waals surface area contributed by atoms with Crippen LogP contribution in [0.3, 0.4) is 0 Å². The molecule has 0 bridgehead atoms. The molecule has 4 unspecified atom stereocenters. The number of rotatable bonds is 4. The molecule has 5 aliphatic rings. The lowest BCUT2D eigenvalue weighted by atomic mass is 9.67. The number of hydrogen-bond donors (Lipinski definition) is 1. The Morgan fingerprint density at radius 1 is 0.788 bits per heavy atom. The van der Waals surface area contributed by atoms with Crippen molar-refractivity contribution in [1.29, 1.82) is 0 Å². The van der Waals surface area contributed by atoms with Gasteiger partial charge >= 0.3 is 0 Å². The van der Waals surface area contributed by atoms with Gasteiger partial charge in [-0.05, 0) is 91.4 Å². The van der Waals surface area contributed by atoms with Crippen molar-refractivity contribution in [3.05, 3.63) is 101 Å². The van der Waals surface area contributed by atoms with E-state index in [1.54, 1.807) is 22.3 Å². The predicted octanol–water partition coefficient (Wildman–Crippen LogP) is 7.67. The highest BCUT2D eigenvalue weighted by Crippen LogP contribution is 2.48. The van der Waals surface area contributed by atoms with E-state index in [2.05, 4.69) is 78.2 Å². The second kappa shape index (κ2) is 9.47. The summed E-state index contributed by atoms with van der Waals surface area (Å²) in [6.45, 7) is 2.14. The topological polar surface area (TPSA) is 12.0 Å². The normalized spacial score (nSPS) is 31.4. The zero-order valence-corrected chi connectivity index (χ0v) is 19.8. The van der Waals surface area contributed by atoms with Crippen molar-refractivity contribution < 1.29 is 0 Å². The van der Waals surface area contributed by atoms with Crippen LogP contribution >= 0.6 is 0 Å². The molecule has 1 nitrogen and oxygen atoms in total. The first kappa shape index (κ1) is 21.2. The molecular formula is C32H37N. The minimum absolute atomic E-state index is 0.534. The van der Waals surface area contributed by atoms with E-state index < -0.39 is 0 Å². The van der Waals surface area contributed by atoms with Gasteiger partial charge in [0.05, 0.1) is 0 Å². The van der Waals surface area contributed by atoms with Gasteiger partial charge in [-0.15, -0.1) is 0 Å². The molecule has 0 radical (unpaired) electrons. The Hall–Kier alpha value is -2.38. The lowest BCUT2D eigenvalue weighted by Gasteiger charge is -2.38. The van der Waals surface area contributed by atoms with Crippen LogP contribution in [0.1, 0.15) is 68.4 Å². The monoisotopic (exact) mass is 435 g/mol. The van der Waals surface area contributed by atoms with Crippen LogP contribution < -0.4 is 5.32 Å². The van der Waals surface area contributed by atoms with Crippen LogP contribution in [-0.2, 0) is 0 Å². The van der Waals surface area contributed by atoms with Gasteiger partial charge in [0.1, 0.15) is 0 Å². The summed E-state index contributed by atoms with van der Waals surface area (Å²) in [5.74, 6) is 2.43. The summed E-state index contributed by atoms with van der Waals surface area (Å²) in [5, 5.41) is 3.47. The minimum Gasteiger partial charge on any atom is -0.310 e. The summed E-state index contributed by atoms with van der Waals surface area (Å²) in [4.78, 5) is 0. The lowest BCUT2D eigenvalue weighted by molar-refractivity contribution is 0.448. The number of nitrogens with one attached hydrogen (secondary N) is 1. The Morgan fingerprint density at radius 3 is 2.42 bits per heavy atom. The van der Waals surface area contributed by atoms with Crippen molar-refractivity contribution in [3.63, 3.8) is 0 Å². The first-order valence-electron chi connectivity index (χ1n) is 13.3. The SMILES string of the molecule is C1=CC2=C(C3C=CC(C4=CCNC4)CC3)CCC(c3ccc(C4=CCCCC4)cc3)C2C=C1. The van der Waals surface area contributed by atoms with Crippen molar-refractivity contribution in [2.45, 2.75) is 57.3 Å². The quantitative estimate of drug-likeness (QED) is 0.478. The van der Waals surface area contributed by atoms with Gasteiger partial charge in [0.25, 0.3) is 0 Å².